The quantitative estimate of drug-likeness (QED) is 0.547. The highest BCUT2D eigenvalue weighted by Gasteiger charge is 2.02. The SMILES string of the molecule is NC(CNCCP)c1ccccc1. The van der Waals surface area contributed by atoms with Gasteiger partial charge in [-0.05, 0) is 18.3 Å². The summed E-state index contributed by atoms with van der Waals surface area (Å²) in [7, 11) is 2.69. The number of hydrogen-bond acceptors (Lipinski definition) is 2. The lowest BCUT2D eigenvalue weighted by Gasteiger charge is -2.12. The van der Waals surface area contributed by atoms with Gasteiger partial charge in [-0.3, -0.25) is 0 Å². The van der Waals surface area contributed by atoms with Crippen molar-refractivity contribution in [3.05, 3.63) is 35.9 Å². The van der Waals surface area contributed by atoms with E-state index in [1.165, 1.54) is 5.56 Å². The third kappa shape index (κ3) is 3.86. The molecule has 0 aromatic heterocycles. The topological polar surface area (TPSA) is 38.0 Å². The standard InChI is InChI=1S/C10H17N2P/c11-10(8-12-6-7-13)9-4-2-1-3-5-9/h1-5,10,12H,6-8,11,13H2. The van der Waals surface area contributed by atoms with Gasteiger partial charge in [0, 0.05) is 12.6 Å². The Kier molecular flexibility index (Phi) is 4.99. The van der Waals surface area contributed by atoms with Crippen molar-refractivity contribution in [1.29, 1.82) is 0 Å². The molecule has 72 valence electrons. The van der Waals surface area contributed by atoms with Crippen LogP contribution in [0.25, 0.3) is 0 Å². The number of benzene rings is 1. The molecular weight excluding hydrogens is 179 g/mol. The highest BCUT2D eigenvalue weighted by molar-refractivity contribution is 7.16. The predicted octanol–water partition coefficient (Wildman–Crippen LogP) is 1.15. The summed E-state index contributed by atoms with van der Waals surface area (Å²) >= 11 is 0. The second-order valence-electron chi connectivity index (χ2n) is 3.01. The van der Waals surface area contributed by atoms with Crippen molar-refractivity contribution >= 4 is 9.24 Å². The molecule has 3 heteroatoms. The fraction of sp³-hybridized carbons (Fsp3) is 0.400. The molecule has 0 aliphatic heterocycles. The molecule has 0 fully saturated rings. The first-order chi connectivity index (χ1) is 6.34. The molecule has 0 bridgehead atoms. The summed E-state index contributed by atoms with van der Waals surface area (Å²) in [6, 6.07) is 10.3. The van der Waals surface area contributed by atoms with Crippen LogP contribution < -0.4 is 11.1 Å². The van der Waals surface area contributed by atoms with E-state index in [1.54, 1.807) is 0 Å². The number of nitrogens with two attached hydrogens (primary N) is 1. The Hall–Kier alpha value is -0.430. The smallest absolute Gasteiger partial charge is 0.0421 e. The maximum absolute atomic E-state index is 5.97. The Morgan fingerprint density at radius 2 is 2.00 bits per heavy atom. The van der Waals surface area contributed by atoms with Crippen molar-refractivity contribution in [2.45, 2.75) is 6.04 Å². The summed E-state index contributed by atoms with van der Waals surface area (Å²) < 4.78 is 0. The normalized spacial score (nSPS) is 12.8. The molecule has 13 heavy (non-hydrogen) atoms. The molecule has 0 radical (unpaired) electrons. The molecule has 3 N–H and O–H groups in total. The molecule has 2 atom stereocenters. The van der Waals surface area contributed by atoms with E-state index < -0.39 is 0 Å². The molecule has 0 saturated heterocycles. The summed E-state index contributed by atoms with van der Waals surface area (Å²) in [6.07, 6.45) is 1.07. The lowest BCUT2D eigenvalue weighted by molar-refractivity contribution is 0.618. The van der Waals surface area contributed by atoms with E-state index in [0.29, 0.717) is 0 Å². The molecule has 1 aromatic rings. The first kappa shape index (κ1) is 10.6. The van der Waals surface area contributed by atoms with Crippen molar-refractivity contribution in [3.63, 3.8) is 0 Å². The first-order valence-electron chi connectivity index (χ1n) is 4.56. The van der Waals surface area contributed by atoms with Crippen molar-refractivity contribution in [3.8, 4) is 0 Å². The van der Waals surface area contributed by atoms with Gasteiger partial charge in [0.15, 0.2) is 0 Å². The van der Waals surface area contributed by atoms with Gasteiger partial charge in [0.05, 0.1) is 0 Å². The van der Waals surface area contributed by atoms with Gasteiger partial charge < -0.3 is 11.1 Å². The van der Waals surface area contributed by atoms with Crippen LogP contribution in [0.3, 0.4) is 0 Å². The second kappa shape index (κ2) is 6.09. The van der Waals surface area contributed by atoms with Crippen LogP contribution in [0.15, 0.2) is 30.3 Å². The predicted molar refractivity (Wildman–Crippen MR) is 60.8 cm³/mol. The van der Waals surface area contributed by atoms with Gasteiger partial charge in [-0.25, -0.2) is 0 Å². The molecule has 2 unspecified atom stereocenters. The highest BCUT2D eigenvalue weighted by Crippen LogP contribution is 2.07. The van der Waals surface area contributed by atoms with Gasteiger partial charge in [0.2, 0.25) is 0 Å². The zero-order valence-corrected chi connectivity index (χ0v) is 8.89. The lowest BCUT2D eigenvalue weighted by atomic mass is 10.1. The van der Waals surface area contributed by atoms with Crippen molar-refractivity contribution in [2.24, 2.45) is 5.73 Å². The van der Waals surface area contributed by atoms with Crippen LogP contribution in [0.5, 0.6) is 0 Å². The van der Waals surface area contributed by atoms with Gasteiger partial charge in [-0.15, -0.1) is 9.24 Å². The highest BCUT2D eigenvalue weighted by atomic mass is 31.0. The van der Waals surface area contributed by atoms with E-state index in [2.05, 4.69) is 26.7 Å². The number of hydrogen-bond donors (Lipinski definition) is 2. The number of rotatable bonds is 5. The minimum Gasteiger partial charge on any atom is -0.323 e. The summed E-state index contributed by atoms with van der Waals surface area (Å²) in [5.41, 5.74) is 7.16. The van der Waals surface area contributed by atoms with E-state index >= 15 is 0 Å². The van der Waals surface area contributed by atoms with Crippen LogP contribution in [0.4, 0.5) is 0 Å². The van der Waals surface area contributed by atoms with Crippen LogP contribution in [-0.2, 0) is 0 Å². The Balaban J connectivity index is 2.35. The van der Waals surface area contributed by atoms with E-state index in [9.17, 15) is 0 Å². The van der Waals surface area contributed by atoms with Crippen molar-refractivity contribution < 1.29 is 0 Å². The van der Waals surface area contributed by atoms with Crippen LogP contribution in [0.1, 0.15) is 11.6 Å². The Morgan fingerprint density at radius 1 is 1.31 bits per heavy atom. The van der Waals surface area contributed by atoms with E-state index in [4.69, 9.17) is 5.73 Å². The largest absolute Gasteiger partial charge is 0.323 e. The summed E-state index contributed by atoms with van der Waals surface area (Å²) in [4.78, 5) is 0. The molecule has 0 heterocycles. The summed E-state index contributed by atoms with van der Waals surface area (Å²) in [5.74, 6) is 0. The van der Waals surface area contributed by atoms with Crippen molar-refractivity contribution in [1.82, 2.24) is 5.32 Å². The fourth-order valence-electron chi connectivity index (χ4n) is 1.18. The van der Waals surface area contributed by atoms with Gasteiger partial charge in [0.1, 0.15) is 0 Å². The van der Waals surface area contributed by atoms with E-state index in [0.717, 1.165) is 19.3 Å². The van der Waals surface area contributed by atoms with Gasteiger partial charge >= 0.3 is 0 Å². The minimum atomic E-state index is 0.109. The molecule has 0 amide bonds. The van der Waals surface area contributed by atoms with E-state index in [1.807, 2.05) is 18.2 Å². The number of nitrogens with one attached hydrogen (secondary N) is 1. The fourth-order valence-corrected chi connectivity index (χ4v) is 1.38. The molecule has 0 spiro atoms. The van der Waals surface area contributed by atoms with Crippen LogP contribution in [-0.4, -0.2) is 19.3 Å². The molecular formula is C10H17N2P. The zero-order chi connectivity index (χ0) is 9.52. The Morgan fingerprint density at radius 3 is 2.62 bits per heavy atom. The maximum Gasteiger partial charge on any atom is 0.0421 e. The van der Waals surface area contributed by atoms with Crippen LogP contribution in [0, 0.1) is 0 Å². The molecule has 2 nitrogen and oxygen atoms in total. The van der Waals surface area contributed by atoms with Crippen LogP contribution >= 0.6 is 9.24 Å². The molecule has 0 aliphatic carbocycles. The van der Waals surface area contributed by atoms with Gasteiger partial charge in [-0.1, -0.05) is 30.3 Å². The van der Waals surface area contributed by atoms with Gasteiger partial charge in [-0.2, -0.15) is 0 Å². The lowest BCUT2D eigenvalue weighted by Crippen LogP contribution is -2.28. The van der Waals surface area contributed by atoms with Crippen LogP contribution in [0.2, 0.25) is 0 Å². The maximum atomic E-state index is 5.97. The molecule has 0 aliphatic rings. The average Bonchev–Trinajstić information content (AvgIpc) is 2.19. The van der Waals surface area contributed by atoms with Gasteiger partial charge in [0.25, 0.3) is 0 Å². The van der Waals surface area contributed by atoms with Crippen molar-refractivity contribution in [2.75, 3.05) is 19.3 Å². The summed E-state index contributed by atoms with van der Waals surface area (Å²) in [5, 5.41) is 3.29. The average molecular weight is 196 g/mol. The summed E-state index contributed by atoms with van der Waals surface area (Å²) in [6.45, 7) is 1.85. The third-order valence-electron chi connectivity index (χ3n) is 1.91. The second-order valence-corrected chi connectivity index (χ2v) is 3.59. The Bertz CT molecular complexity index is 226. The Labute approximate surface area is 82.1 Å². The van der Waals surface area contributed by atoms with E-state index in [-0.39, 0.29) is 6.04 Å². The zero-order valence-electron chi connectivity index (χ0n) is 7.74. The molecule has 1 aromatic carbocycles. The molecule has 1 rings (SSSR count). The monoisotopic (exact) mass is 196 g/mol. The third-order valence-corrected chi connectivity index (χ3v) is 2.20. The first-order valence-corrected chi connectivity index (χ1v) is 5.37. The minimum absolute atomic E-state index is 0.109. The molecule has 0 saturated carbocycles.